The van der Waals surface area contributed by atoms with Crippen molar-refractivity contribution in [1.29, 1.82) is 0 Å². The maximum Gasteiger partial charge on any atom is 0.0869 e. The van der Waals surface area contributed by atoms with Gasteiger partial charge in [0, 0.05) is 18.6 Å². The molecule has 3 N–H and O–H groups in total. The van der Waals surface area contributed by atoms with E-state index in [0.717, 1.165) is 38.2 Å². The lowest BCUT2D eigenvalue weighted by atomic mass is 9.65. The molecule has 0 aromatic heterocycles. The minimum Gasteiger partial charge on any atom is -0.390 e. The van der Waals surface area contributed by atoms with Crippen LogP contribution in [0.25, 0.3) is 0 Å². The van der Waals surface area contributed by atoms with E-state index in [1.807, 2.05) is 0 Å². The summed E-state index contributed by atoms with van der Waals surface area (Å²) >= 11 is 0. The molecule has 1 heterocycles. The third-order valence-electron chi connectivity index (χ3n) is 5.15. The lowest BCUT2D eigenvalue weighted by Crippen LogP contribution is -2.49. The highest BCUT2D eigenvalue weighted by Gasteiger charge is 2.44. The summed E-state index contributed by atoms with van der Waals surface area (Å²) in [4.78, 5) is 0. The maximum atomic E-state index is 10.6. The molecule has 0 radical (unpaired) electrons. The summed E-state index contributed by atoms with van der Waals surface area (Å²) in [7, 11) is 0. The van der Waals surface area contributed by atoms with Crippen LogP contribution >= 0.6 is 0 Å². The van der Waals surface area contributed by atoms with Crippen LogP contribution in [0.15, 0.2) is 0 Å². The highest BCUT2D eigenvalue weighted by Crippen LogP contribution is 2.44. The second-order valence-corrected chi connectivity index (χ2v) is 6.29. The van der Waals surface area contributed by atoms with Gasteiger partial charge in [-0.3, -0.25) is 0 Å². The zero-order chi connectivity index (χ0) is 13.0. The fourth-order valence-electron chi connectivity index (χ4n) is 3.82. The summed E-state index contributed by atoms with van der Waals surface area (Å²) in [6.45, 7) is 3.67. The molecule has 18 heavy (non-hydrogen) atoms. The fourth-order valence-corrected chi connectivity index (χ4v) is 3.82. The first-order valence-corrected chi connectivity index (χ1v) is 7.71. The predicted octanol–water partition coefficient (Wildman–Crippen LogP) is 2.46. The smallest absolute Gasteiger partial charge is 0.0869 e. The number of aliphatic hydroxyl groups excluding tert-OH is 1. The van der Waals surface area contributed by atoms with E-state index in [-0.39, 0.29) is 17.6 Å². The summed E-state index contributed by atoms with van der Waals surface area (Å²) < 4.78 is 5.66. The van der Waals surface area contributed by atoms with Crippen LogP contribution in [-0.4, -0.2) is 30.5 Å². The van der Waals surface area contributed by atoms with Gasteiger partial charge in [0.2, 0.25) is 0 Å². The maximum absolute atomic E-state index is 10.6. The molecule has 0 amide bonds. The minimum atomic E-state index is -0.354. The monoisotopic (exact) mass is 255 g/mol. The Morgan fingerprint density at radius 2 is 2.06 bits per heavy atom. The zero-order valence-electron chi connectivity index (χ0n) is 11.7. The van der Waals surface area contributed by atoms with E-state index >= 15 is 0 Å². The molecule has 2 fully saturated rings. The number of hydrogen-bond acceptors (Lipinski definition) is 3. The van der Waals surface area contributed by atoms with Crippen molar-refractivity contribution in [2.75, 3.05) is 13.2 Å². The zero-order valence-corrected chi connectivity index (χ0v) is 11.7. The topological polar surface area (TPSA) is 55.5 Å². The molecule has 3 heteroatoms. The largest absolute Gasteiger partial charge is 0.390 e. The Balaban J connectivity index is 1.94. The molecule has 2 aliphatic rings. The third kappa shape index (κ3) is 2.89. The molecule has 1 saturated carbocycles. The van der Waals surface area contributed by atoms with Crippen molar-refractivity contribution in [3.63, 3.8) is 0 Å². The molecular formula is C15H29NO2. The summed E-state index contributed by atoms with van der Waals surface area (Å²) in [6.07, 6.45) is 8.99. The van der Waals surface area contributed by atoms with E-state index < -0.39 is 0 Å². The summed E-state index contributed by atoms with van der Waals surface area (Å²) in [5.41, 5.74) is 5.94. The van der Waals surface area contributed by atoms with Crippen LogP contribution in [0.1, 0.15) is 58.3 Å². The average Bonchev–Trinajstić information content (AvgIpc) is 2.93. The molecule has 3 nitrogen and oxygen atoms in total. The van der Waals surface area contributed by atoms with E-state index in [4.69, 9.17) is 10.5 Å². The molecule has 1 aliphatic heterocycles. The number of ether oxygens (including phenoxy) is 1. The van der Waals surface area contributed by atoms with Gasteiger partial charge in [0.15, 0.2) is 0 Å². The first-order valence-electron chi connectivity index (χ1n) is 7.71. The van der Waals surface area contributed by atoms with Gasteiger partial charge in [-0.05, 0) is 44.4 Å². The van der Waals surface area contributed by atoms with Crippen LogP contribution in [0.3, 0.4) is 0 Å². The first-order chi connectivity index (χ1) is 8.72. The van der Waals surface area contributed by atoms with Gasteiger partial charge < -0.3 is 15.6 Å². The van der Waals surface area contributed by atoms with Gasteiger partial charge in [-0.2, -0.15) is 0 Å². The standard InChI is InChI=1S/C15H29NO2/c1-2-4-12-6-8-15(11-16,9-7-12)14(17)13-5-3-10-18-13/h12-14,17H,2-11,16H2,1H3. The second-order valence-electron chi connectivity index (χ2n) is 6.29. The molecule has 0 spiro atoms. The van der Waals surface area contributed by atoms with E-state index in [1.54, 1.807) is 0 Å². The van der Waals surface area contributed by atoms with E-state index in [1.165, 1.54) is 25.7 Å². The Morgan fingerprint density at radius 1 is 1.33 bits per heavy atom. The minimum absolute atomic E-state index is 0.0382. The van der Waals surface area contributed by atoms with Crippen LogP contribution in [0.5, 0.6) is 0 Å². The van der Waals surface area contributed by atoms with Gasteiger partial charge in [-0.1, -0.05) is 19.8 Å². The molecular weight excluding hydrogens is 226 g/mol. The number of hydrogen-bond donors (Lipinski definition) is 2. The summed E-state index contributed by atoms with van der Waals surface area (Å²) in [5, 5.41) is 10.6. The van der Waals surface area contributed by atoms with Crippen LogP contribution in [0.2, 0.25) is 0 Å². The van der Waals surface area contributed by atoms with Crippen molar-refractivity contribution in [3.05, 3.63) is 0 Å². The van der Waals surface area contributed by atoms with E-state index in [9.17, 15) is 5.11 Å². The lowest BCUT2D eigenvalue weighted by Gasteiger charge is -2.44. The lowest BCUT2D eigenvalue weighted by molar-refractivity contribution is -0.0897. The highest BCUT2D eigenvalue weighted by atomic mass is 16.5. The van der Waals surface area contributed by atoms with Gasteiger partial charge >= 0.3 is 0 Å². The Morgan fingerprint density at radius 3 is 2.56 bits per heavy atom. The second kappa shape index (κ2) is 6.36. The normalized spacial score (nSPS) is 38.8. The SMILES string of the molecule is CCCC1CCC(CN)(C(O)C2CCCO2)CC1. The van der Waals surface area contributed by atoms with Gasteiger partial charge in [0.25, 0.3) is 0 Å². The molecule has 0 bridgehead atoms. The van der Waals surface area contributed by atoms with Crippen LogP contribution in [0.4, 0.5) is 0 Å². The van der Waals surface area contributed by atoms with Crippen molar-refractivity contribution in [1.82, 2.24) is 0 Å². The quantitative estimate of drug-likeness (QED) is 0.793. The van der Waals surface area contributed by atoms with Crippen LogP contribution in [-0.2, 0) is 4.74 Å². The predicted molar refractivity (Wildman–Crippen MR) is 73.3 cm³/mol. The highest BCUT2D eigenvalue weighted by molar-refractivity contribution is 4.96. The van der Waals surface area contributed by atoms with Gasteiger partial charge in [-0.25, -0.2) is 0 Å². The van der Waals surface area contributed by atoms with Crippen molar-refractivity contribution in [2.45, 2.75) is 70.5 Å². The molecule has 0 aromatic rings. The fraction of sp³-hybridized carbons (Fsp3) is 1.00. The Bertz CT molecular complexity index is 243. The number of nitrogens with two attached hydrogens (primary N) is 1. The Hall–Kier alpha value is -0.120. The van der Waals surface area contributed by atoms with Crippen molar-refractivity contribution in [3.8, 4) is 0 Å². The van der Waals surface area contributed by atoms with Crippen molar-refractivity contribution in [2.24, 2.45) is 17.1 Å². The molecule has 1 saturated heterocycles. The summed E-state index contributed by atoms with van der Waals surface area (Å²) in [6, 6.07) is 0. The first kappa shape index (κ1) is 14.3. The number of rotatable bonds is 5. The molecule has 2 unspecified atom stereocenters. The Labute approximate surface area is 111 Å². The molecule has 2 atom stereocenters. The molecule has 2 rings (SSSR count). The van der Waals surface area contributed by atoms with Gasteiger partial charge in [0.1, 0.15) is 0 Å². The molecule has 1 aliphatic carbocycles. The average molecular weight is 255 g/mol. The third-order valence-corrected chi connectivity index (χ3v) is 5.15. The van der Waals surface area contributed by atoms with Crippen LogP contribution < -0.4 is 5.73 Å². The van der Waals surface area contributed by atoms with Crippen molar-refractivity contribution < 1.29 is 9.84 Å². The Kier molecular flexibility index (Phi) is 5.05. The van der Waals surface area contributed by atoms with Crippen molar-refractivity contribution >= 4 is 0 Å². The molecule has 0 aromatic carbocycles. The van der Waals surface area contributed by atoms with Crippen LogP contribution in [0, 0.1) is 11.3 Å². The van der Waals surface area contributed by atoms with Gasteiger partial charge in [0.05, 0.1) is 12.2 Å². The molecule has 106 valence electrons. The van der Waals surface area contributed by atoms with Gasteiger partial charge in [-0.15, -0.1) is 0 Å². The van der Waals surface area contributed by atoms with E-state index in [0.29, 0.717) is 6.54 Å². The summed E-state index contributed by atoms with van der Waals surface area (Å²) in [5.74, 6) is 0.853. The van der Waals surface area contributed by atoms with E-state index in [2.05, 4.69) is 6.92 Å². The number of aliphatic hydroxyl groups is 1.